The van der Waals surface area contributed by atoms with Crippen LogP contribution >= 0.6 is 11.8 Å². The maximum Gasteiger partial charge on any atom is 0.258 e. The fourth-order valence-electron chi connectivity index (χ4n) is 2.90. The van der Waals surface area contributed by atoms with Gasteiger partial charge in [0.25, 0.3) is 5.91 Å². The topological polar surface area (TPSA) is 53.7 Å². The number of fused-ring (bicyclic) bond motifs is 2. The number of benzene rings is 2. The minimum absolute atomic E-state index is 0.0733. The smallest absolute Gasteiger partial charge is 0.258 e. The van der Waals surface area contributed by atoms with E-state index in [1.165, 1.54) is 11.2 Å². The van der Waals surface area contributed by atoms with Gasteiger partial charge in [-0.15, -0.1) is 11.8 Å². The molecule has 0 saturated carbocycles. The molecule has 4 nitrogen and oxygen atoms in total. The molecule has 23 heavy (non-hydrogen) atoms. The summed E-state index contributed by atoms with van der Waals surface area (Å²) in [6.07, 6.45) is 1.44. The molecule has 1 aromatic heterocycles. The van der Waals surface area contributed by atoms with Crippen molar-refractivity contribution < 1.29 is 14.3 Å². The highest BCUT2D eigenvalue weighted by molar-refractivity contribution is 7.99. The lowest BCUT2D eigenvalue weighted by atomic mass is 10.1. The first-order chi connectivity index (χ1) is 11.2. The van der Waals surface area contributed by atoms with Crippen molar-refractivity contribution in [2.45, 2.75) is 11.4 Å². The summed E-state index contributed by atoms with van der Waals surface area (Å²) >= 11 is 1.77. The third-order valence-corrected chi connectivity index (χ3v) is 5.14. The molecule has 1 N–H and O–H groups in total. The van der Waals surface area contributed by atoms with E-state index < -0.39 is 0 Å². The molecule has 0 aliphatic carbocycles. The highest BCUT2D eigenvalue weighted by atomic mass is 32.2. The van der Waals surface area contributed by atoms with E-state index in [1.807, 2.05) is 17.0 Å². The normalized spacial score (nSPS) is 14.5. The van der Waals surface area contributed by atoms with Crippen LogP contribution in [0.2, 0.25) is 0 Å². The Hall–Kier alpha value is -2.40. The summed E-state index contributed by atoms with van der Waals surface area (Å²) in [5.74, 6) is 0.816. The van der Waals surface area contributed by atoms with E-state index >= 15 is 0 Å². The first-order valence-electron chi connectivity index (χ1n) is 7.43. The van der Waals surface area contributed by atoms with Crippen molar-refractivity contribution >= 4 is 28.6 Å². The molecule has 0 bridgehead atoms. The van der Waals surface area contributed by atoms with Gasteiger partial charge in [-0.3, -0.25) is 4.79 Å². The van der Waals surface area contributed by atoms with Gasteiger partial charge in [-0.25, -0.2) is 0 Å². The summed E-state index contributed by atoms with van der Waals surface area (Å²) in [5, 5.41) is 10.6. The number of hydrogen-bond acceptors (Lipinski definition) is 4. The van der Waals surface area contributed by atoms with E-state index in [0.717, 1.165) is 11.3 Å². The number of carbonyl (C=O) groups excluding carboxylic acids is 1. The molecule has 1 amide bonds. The van der Waals surface area contributed by atoms with Crippen molar-refractivity contribution in [2.75, 3.05) is 12.3 Å². The van der Waals surface area contributed by atoms with Crippen LogP contribution in [0.5, 0.6) is 5.75 Å². The molecule has 2 aromatic carbocycles. The van der Waals surface area contributed by atoms with Crippen LogP contribution in [0.3, 0.4) is 0 Å². The quantitative estimate of drug-likeness (QED) is 0.737. The standard InChI is InChI=1S/C18H15NO3S/c20-14-5-3-6-15-17(14)13(11-22-15)18(21)19-8-9-23-16-7-2-1-4-12(16)10-19/h1-7,11,20H,8-10H2. The lowest BCUT2D eigenvalue weighted by Gasteiger charge is -2.20. The molecule has 0 atom stereocenters. The fraction of sp³-hybridized carbons (Fsp3) is 0.167. The van der Waals surface area contributed by atoms with Gasteiger partial charge in [0.15, 0.2) is 0 Å². The number of phenols is 1. The summed E-state index contributed by atoms with van der Waals surface area (Å²) in [5.41, 5.74) is 2.10. The van der Waals surface area contributed by atoms with E-state index in [4.69, 9.17) is 4.42 Å². The predicted molar refractivity (Wildman–Crippen MR) is 89.8 cm³/mol. The van der Waals surface area contributed by atoms with Crippen molar-refractivity contribution in [2.24, 2.45) is 0 Å². The molecule has 0 radical (unpaired) electrons. The molecular formula is C18H15NO3S. The van der Waals surface area contributed by atoms with E-state index in [1.54, 1.807) is 30.0 Å². The number of furan rings is 1. The summed E-state index contributed by atoms with van der Waals surface area (Å²) in [6.45, 7) is 1.24. The van der Waals surface area contributed by atoms with Crippen molar-refractivity contribution in [3.05, 3.63) is 59.9 Å². The van der Waals surface area contributed by atoms with Gasteiger partial charge in [-0.2, -0.15) is 0 Å². The van der Waals surface area contributed by atoms with Crippen LogP contribution in [0, 0.1) is 0 Å². The Balaban J connectivity index is 1.71. The van der Waals surface area contributed by atoms with Crippen molar-refractivity contribution in [3.8, 4) is 5.75 Å². The van der Waals surface area contributed by atoms with Crippen molar-refractivity contribution in [3.63, 3.8) is 0 Å². The van der Waals surface area contributed by atoms with E-state index in [0.29, 0.717) is 29.6 Å². The fourth-order valence-corrected chi connectivity index (χ4v) is 3.92. The Labute approximate surface area is 137 Å². The largest absolute Gasteiger partial charge is 0.507 e. The Morgan fingerprint density at radius 3 is 2.96 bits per heavy atom. The molecule has 0 spiro atoms. The Morgan fingerprint density at radius 2 is 2.04 bits per heavy atom. The molecule has 2 heterocycles. The zero-order chi connectivity index (χ0) is 15.8. The van der Waals surface area contributed by atoms with Crippen LogP contribution in [-0.2, 0) is 6.54 Å². The van der Waals surface area contributed by atoms with Gasteiger partial charge in [-0.05, 0) is 23.8 Å². The molecule has 3 aromatic rings. The molecule has 1 aliphatic rings. The van der Waals surface area contributed by atoms with Gasteiger partial charge in [0.1, 0.15) is 17.6 Å². The van der Waals surface area contributed by atoms with E-state index in [-0.39, 0.29) is 11.7 Å². The number of carbonyl (C=O) groups is 1. The summed E-state index contributed by atoms with van der Waals surface area (Å²) in [7, 11) is 0. The molecule has 0 fully saturated rings. The molecule has 1 aliphatic heterocycles. The number of rotatable bonds is 1. The van der Waals surface area contributed by atoms with Crippen LogP contribution in [0.25, 0.3) is 11.0 Å². The zero-order valence-electron chi connectivity index (χ0n) is 12.4. The van der Waals surface area contributed by atoms with Gasteiger partial charge < -0.3 is 14.4 Å². The van der Waals surface area contributed by atoms with Gasteiger partial charge >= 0.3 is 0 Å². The van der Waals surface area contributed by atoms with Crippen LogP contribution in [-0.4, -0.2) is 28.2 Å². The first-order valence-corrected chi connectivity index (χ1v) is 8.42. The first kappa shape index (κ1) is 14.2. The minimum atomic E-state index is -0.109. The maximum absolute atomic E-state index is 12.9. The Bertz CT molecular complexity index is 887. The Kier molecular flexibility index (Phi) is 3.50. The summed E-state index contributed by atoms with van der Waals surface area (Å²) < 4.78 is 5.43. The highest BCUT2D eigenvalue weighted by Gasteiger charge is 2.24. The average molecular weight is 325 g/mol. The average Bonchev–Trinajstić information content (AvgIpc) is 2.88. The molecular weight excluding hydrogens is 310 g/mol. The van der Waals surface area contributed by atoms with Crippen molar-refractivity contribution in [1.29, 1.82) is 0 Å². The van der Waals surface area contributed by atoms with Crippen LogP contribution < -0.4 is 0 Å². The second-order valence-corrected chi connectivity index (χ2v) is 6.62. The molecule has 5 heteroatoms. The monoisotopic (exact) mass is 325 g/mol. The highest BCUT2D eigenvalue weighted by Crippen LogP contribution is 2.32. The van der Waals surface area contributed by atoms with Gasteiger partial charge in [-0.1, -0.05) is 24.3 Å². The third kappa shape index (κ3) is 2.47. The number of amides is 1. The number of nitrogens with zero attached hydrogens (tertiary/aromatic N) is 1. The van der Waals surface area contributed by atoms with Gasteiger partial charge in [0.05, 0.1) is 10.9 Å². The molecule has 0 unspecified atom stereocenters. The van der Waals surface area contributed by atoms with E-state index in [9.17, 15) is 9.90 Å². The van der Waals surface area contributed by atoms with Crippen LogP contribution in [0.15, 0.2) is 58.0 Å². The number of hydrogen-bond donors (Lipinski definition) is 1. The van der Waals surface area contributed by atoms with E-state index in [2.05, 4.69) is 12.1 Å². The third-order valence-electron chi connectivity index (χ3n) is 4.05. The summed E-state index contributed by atoms with van der Waals surface area (Å²) in [4.78, 5) is 16.0. The number of thioether (sulfide) groups is 1. The summed E-state index contributed by atoms with van der Waals surface area (Å²) in [6, 6.07) is 13.2. The molecule has 116 valence electrons. The molecule has 0 saturated heterocycles. The molecule has 4 rings (SSSR count). The van der Waals surface area contributed by atoms with Crippen LogP contribution in [0.4, 0.5) is 0 Å². The van der Waals surface area contributed by atoms with Gasteiger partial charge in [0, 0.05) is 23.7 Å². The number of phenolic OH excluding ortho intramolecular Hbond substituents is 1. The Morgan fingerprint density at radius 1 is 1.17 bits per heavy atom. The lowest BCUT2D eigenvalue weighted by molar-refractivity contribution is 0.0755. The second-order valence-electron chi connectivity index (χ2n) is 5.48. The zero-order valence-corrected chi connectivity index (χ0v) is 13.2. The lowest BCUT2D eigenvalue weighted by Crippen LogP contribution is -2.31. The number of aromatic hydroxyl groups is 1. The van der Waals surface area contributed by atoms with Crippen LogP contribution in [0.1, 0.15) is 15.9 Å². The maximum atomic E-state index is 12.9. The van der Waals surface area contributed by atoms with Crippen molar-refractivity contribution in [1.82, 2.24) is 4.90 Å². The van der Waals surface area contributed by atoms with Gasteiger partial charge in [0.2, 0.25) is 0 Å². The second kappa shape index (κ2) is 5.66. The minimum Gasteiger partial charge on any atom is -0.507 e. The SMILES string of the molecule is O=C(c1coc2cccc(O)c12)N1CCSc2ccccc2C1. The predicted octanol–water partition coefficient (Wildman–Crippen LogP) is 3.89.